The molecule has 6 rings (SSSR count). The number of methoxy groups -OCH3 is 1. The maximum absolute atomic E-state index is 12.0. The van der Waals surface area contributed by atoms with Crippen molar-refractivity contribution in [3.05, 3.63) is 114 Å². The number of benzene rings is 3. The quantitative estimate of drug-likeness (QED) is 0.216. The van der Waals surface area contributed by atoms with Gasteiger partial charge in [0, 0.05) is 34.7 Å². The number of hydrogen-bond acceptors (Lipinski definition) is 5. The van der Waals surface area contributed by atoms with Crippen LogP contribution in [0.2, 0.25) is 0 Å². The number of sulfonamides is 1. The Morgan fingerprint density at radius 2 is 1.74 bits per heavy atom. The van der Waals surface area contributed by atoms with Gasteiger partial charge in [-0.1, -0.05) is 42.5 Å². The number of hydrogen-bond donors (Lipinski definition) is 2. The van der Waals surface area contributed by atoms with Crippen molar-refractivity contribution < 1.29 is 13.2 Å². The van der Waals surface area contributed by atoms with Crippen molar-refractivity contribution in [3.8, 4) is 11.4 Å². The molecule has 10 heteroatoms. The summed E-state index contributed by atoms with van der Waals surface area (Å²) >= 11 is 5.94. The highest BCUT2D eigenvalue weighted by atomic mass is 32.2. The minimum absolute atomic E-state index is 0.236. The van der Waals surface area contributed by atoms with E-state index in [0.717, 1.165) is 40.3 Å². The van der Waals surface area contributed by atoms with E-state index in [1.54, 1.807) is 18.3 Å². The Bertz CT molecular complexity index is 1920. The second-order valence-corrected chi connectivity index (χ2v) is 12.6. The van der Waals surface area contributed by atoms with E-state index in [1.165, 1.54) is 17.9 Å². The van der Waals surface area contributed by atoms with E-state index in [0.29, 0.717) is 16.5 Å². The van der Waals surface area contributed by atoms with Crippen LogP contribution in [0, 0.1) is 13.8 Å². The topological polar surface area (TPSA) is 88.5 Å². The molecule has 0 saturated carbocycles. The molecule has 0 amide bonds. The van der Waals surface area contributed by atoms with Crippen LogP contribution >= 0.6 is 12.2 Å². The molecular formula is C32H31N5O3S2. The highest BCUT2D eigenvalue weighted by Crippen LogP contribution is 2.45. The maximum Gasteiger partial charge on any atom is 0.229 e. The number of anilines is 2. The molecule has 42 heavy (non-hydrogen) atoms. The van der Waals surface area contributed by atoms with E-state index in [1.807, 2.05) is 24.3 Å². The number of pyridine rings is 1. The van der Waals surface area contributed by atoms with E-state index in [-0.39, 0.29) is 12.1 Å². The first-order valence-electron chi connectivity index (χ1n) is 13.5. The molecule has 1 saturated heterocycles. The van der Waals surface area contributed by atoms with Crippen molar-refractivity contribution in [2.24, 2.45) is 0 Å². The fourth-order valence-electron chi connectivity index (χ4n) is 5.92. The molecular weight excluding hydrogens is 567 g/mol. The zero-order chi connectivity index (χ0) is 29.6. The number of aryl methyl sites for hydroxylation is 1. The van der Waals surface area contributed by atoms with Crippen LogP contribution in [-0.2, 0) is 10.0 Å². The molecule has 8 nitrogen and oxygen atoms in total. The van der Waals surface area contributed by atoms with Gasteiger partial charge < -0.3 is 19.5 Å². The van der Waals surface area contributed by atoms with E-state index in [9.17, 15) is 8.42 Å². The largest absolute Gasteiger partial charge is 0.494 e. The van der Waals surface area contributed by atoms with Gasteiger partial charge in [0.1, 0.15) is 5.75 Å². The lowest BCUT2D eigenvalue weighted by molar-refractivity contribution is 0.417. The minimum atomic E-state index is -3.49. The van der Waals surface area contributed by atoms with Crippen molar-refractivity contribution >= 4 is 49.5 Å². The van der Waals surface area contributed by atoms with Gasteiger partial charge in [-0.25, -0.2) is 8.42 Å². The first kappa shape index (κ1) is 27.7. The highest BCUT2D eigenvalue weighted by Gasteiger charge is 2.42. The molecule has 5 aromatic rings. The molecule has 1 aliphatic heterocycles. The Morgan fingerprint density at radius 3 is 2.48 bits per heavy atom. The van der Waals surface area contributed by atoms with Gasteiger partial charge in [-0.2, -0.15) is 0 Å². The number of nitrogens with one attached hydrogen (secondary N) is 2. The first-order chi connectivity index (χ1) is 20.2. The second kappa shape index (κ2) is 10.8. The van der Waals surface area contributed by atoms with Gasteiger partial charge in [-0.05, 0) is 73.4 Å². The summed E-state index contributed by atoms with van der Waals surface area (Å²) in [6.45, 7) is 4.26. The number of thiocarbonyl (C=S) groups is 1. The Labute approximate surface area is 251 Å². The molecule has 0 aliphatic carbocycles. The Balaban J connectivity index is 1.52. The third kappa shape index (κ3) is 4.97. The third-order valence-electron chi connectivity index (χ3n) is 7.65. The summed E-state index contributed by atoms with van der Waals surface area (Å²) < 4.78 is 34.3. The van der Waals surface area contributed by atoms with E-state index in [2.05, 4.69) is 86.9 Å². The molecule has 0 radical (unpaired) electrons. The average Bonchev–Trinajstić information content (AvgIpc) is 3.47. The van der Waals surface area contributed by atoms with Crippen molar-refractivity contribution in [2.75, 3.05) is 23.0 Å². The van der Waals surface area contributed by atoms with Crippen LogP contribution in [0.1, 0.15) is 34.7 Å². The summed E-state index contributed by atoms with van der Waals surface area (Å²) in [5.74, 6) is 0.391. The lowest BCUT2D eigenvalue weighted by Crippen LogP contribution is -2.29. The van der Waals surface area contributed by atoms with Gasteiger partial charge >= 0.3 is 0 Å². The second-order valence-electron chi connectivity index (χ2n) is 10.4. The molecule has 3 aromatic carbocycles. The molecule has 3 heterocycles. The first-order valence-corrected chi connectivity index (χ1v) is 15.8. The number of ether oxygens (including phenoxy) is 1. The van der Waals surface area contributed by atoms with Crippen LogP contribution in [0.25, 0.3) is 16.5 Å². The molecule has 1 fully saturated rings. The lowest BCUT2D eigenvalue weighted by Gasteiger charge is -2.29. The van der Waals surface area contributed by atoms with Crippen molar-refractivity contribution in [1.82, 2.24) is 14.9 Å². The number of fused-ring (bicyclic) bond motifs is 1. The molecule has 0 unspecified atom stereocenters. The molecule has 0 bridgehead atoms. The fraction of sp³-hybridized carbons (Fsp3) is 0.188. The van der Waals surface area contributed by atoms with Gasteiger partial charge in [0.2, 0.25) is 10.0 Å². The normalized spacial score (nSPS) is 17.0. The fourth-order valence-corrected chi connectivity index (χ4v) is 6.84. The Morgan fingerprint density at radius 1 is 0.976 bits per heavy atom. The summed E-state index contributed by atoms with van der Waals surface area (Å²) in [5.41, 5.74) is 6.39. The zero-order valence-corrected chi connectivity index (χ0v) is 25.3. The van der Waals surface area contributed by atoms with Crippen molar-refractivity contribution in [1.29, 1.82) is 0 Å². The number of rotatable bonds is 7. The third-order valence-corrected chi connectivity index (χ3v) is 8.56. The maximum atomic E-state index is 12.0. The predicted octanol–water partition coefficient (Wildman–Crippen LogP) is 6.20. The summed E-state index contributed by atoms with van der Waals surface area (Å²) in [6, 6.07) is 27.7. The van der Waals surface area contributed by atoms with Crippen LogP contribution in [0.15, 0.2) is 91.1 Å². The average molecular weight is 598 g/mol. The van der Waals surface area contributed by atoms with Gasteiger partial charge in [-0.3, -0.25) is 9.71 Å². The Hall–Kier alpha value is -4.41. The SMILES string of the molecule is COc1cc(N2C(=S)N[C@H](c3ccccn3)[C@@H]2c2cc(C)n(-c3cccc4ccccc34)c2C)ccc1NS(C)(=O)=O. The van der Waals surface area contributed by atoms with Crippen LogP contribution in [0.5, 0.6) is 5.75 Å². The van der Waals surface area contributed by atoms with Crippen LogP contribution < -0.4 is 19.7 Å². The summed E-state index contributed by atoms with van der Waals surface area (Å²) in [5, 5.41) is 6.40. The summed E-state index contributed by atoms with van der Waals surface area (Å²) in [6.07, 6.45) is 2.90. The van der Waals surface area contributed by atoms with E-state index in [4.69, 9.17) is 17.0 Å². The molecule has 2 N–H and O–H groups in total. The minimum Gasteiger partial charge on any atom is -0.494 e. The summed E-state index contributed by atoms with van der Waals surface area (Å²) in [4.78, 5) is 6.75. The summed E-state index contributed by atoms with van der Waals surface area (Å²) in [7, 11) is -1.98. The van der Waals surface area contributed by atoms with E-state index >= 15 is 0 Å². The molecule has 1 aliphatic rings. The van der Waals surface area contributed by atoms with Gasteiger partial charge in [-0.15, -0.1) is 0 Å². The van der Waals surface area contributed by atoms with Gasteiger partial charge in [0.25, 0.3) is 0 Å². The van der Waals surface area contributed by atoms with Crippen LogP contribution in [0.3, 0.4) is 0 Å². The Kier molecular flexibility index (Phi) is 7.12. The molecule has 214 valence electrons. The molecule has 0 spiro atoms. The number of nitrogens with zero attached hydrogens (tertiary/aromatic N) is 3. The molecule has 2 aromatic heterocycles. The van der Waals surface area contributed by atoms with Crippen LogP contribution in [0.4, 0.5) is 11.4 Å². The number of aromatic nitrogens is 2. The zero-order valence-electron chi connectivity index (χ0n) is 23.7. The van der Waals surface area contributed by atoms with Gasteiger partial charge in [0.15, 0.2) is 5.11 Å². The monoisotopic (exact) mass is 597 g/mol. The predicted molar refractivity (Wildman–Crippen MR) is 172 cm³/mol. The van der Waals surface area contributed by atoms with Crippen molar-refractivity contribution in [3.63, 3.8) is 0 Å². The standard InChI is InChI=1S/C32H31N5O3S2/c1-20-18-25(21(2)36(20)28-14-9-11-22-10-5-6-12-24(22)28)31-30(27-13-7-8-17-33-27)34-32(41)37(31)23-15-16-26(29(19-23)40-3)35-42(4,38)39/h5-19,30-31,35H,1-4H3,(H,34,41)/t30-,31+/m1/s1. The van der Waals surface area contributed by atoms with Crippen molar-refractivity contribution in [2.45, 2.75) is 25.9 Å². The smallest absolute Gasteiger partial charge is 0.229 e. The highest BCUT2D eigenvalue weighted by molar-refractivity contribution is 7.92. The van der Waals surface area contributed by atoms with Gasteiger partial charge in [0.05, 0.1) is 42.5 Å². The van der Waals surface area contributed by atoms with E-state index < -0.39 is 10.0 Å². The van der Waals surface area contributed by atoms with Crippen LogP contribution in [-0.4, -0.2) is 36.4 Å². The molecule has 2 atom stereocenters. The lowest BCUT2D eigenvalue weighted by atomic mass is 9.96.